The zero-order chi connectivity index (χ0) is 11.8. The highest BCUT2D eigenvalue weighted by Gasteiger charge is 2.45. The molecule has 0 spiro atoms. The second kappa shape index (κ2) is 4.15. The van der Waals surface area contributed by atoms with Crippen LogP contribution in [0.2, 0.25) is 0 Å². The zero-order valence-electron chi connectivity index (χ0n) is 9.70. The molecule has 2 atom stereocenters. The van der Waals surface area contributed by atoms with E-state index in [4.69, 9.17) is 0 Å². The van der Waals surface area contributed by atoms with Crippen LogP contribution < -0.4 is 5.32 Å². The van der Waals surface area contributed by atoms with Crippen molar-refractivity contribution in [3.05, 3.63) is 35.6 Å². The number of aliphatic hydroxyl groups excluding tert-OH is 1. The van der Waals surface area contributed by atoms with E-state index in [0.29, 0.717) is 18.0 Å². The third-order valence-electron chi connectivity index (χ3n) is 3.33. The van der Waals surface area contributed by atoms with Crippen molar-refractivity contribution < 1.29 is 9.50 Å². The van der Waals surface area contributed by atoms with Gasteiger partial charge in [-0.15, -0.1) is 0 Å². The largest absolute Gasteiger partial charge is 0.387 e. The number of halogens is 1. The first-order chi connectivity index (χ1) is 7.49. The standard InChI is InChI=1S/C13H18FNO/c1-13(2)7-12(13)15-8-11(16)9-3-5-10(14)6-4-9/h3-6,11-12,15-16H,7-8H2,1-2H3. The molecule has 1 aliphatic carbocycles. The van der Waals surface area contributed by atoms with Crippen LogP contribution in [0.1, 0.15) is 31.9 Å². The number of nitrogens with one attached hydrogen (secondary N) is 1. The number of aliphatic hydroxyl groups is 1. The van der Waals surface area contributed by atoms with Crippen LogP contribution in [0.4, 0.5) is 4.39 Å². The molecule has 1 aromatic rings. The van der Waals surface area contributed by atoms with Crippen LogP contribution in [0.15, 0.2) is 24.3 Å². The van der Waals surface area contributed by atoms with Crippen molar-refractivity contribution in [2.24, 2.45) is 5.41 Å². The Morgan fingerprint density at radius 3 is 2.50 bits per heavy atom. The van der Waals surface area contributed by atoms with E-state index < -0.39 is 6.10 Å². The molecule has 2 rings (SSSR count). The van der Waals surface area contributed by atoms with Gasteiger partial charge in [-0.1, -0.05) is 26.0 Å². The van der Waals surface area contributed by atoms with Crippen LogP contribution in [-0.4, -0.2) is 17.7 Å². The van der Waals surface area contributed by atoms with Crippen LogP contribution in [0.5, 0.6) is 0 Å². The maximum absolute atomic E-state index is 12.7. The van der Waals surface area contributed by atoms with Gasteiger partial charge in [-0.25, -0.2) is 4.39 Å². The molecule has 88 valence electrons. The molecule has 0 bridgehead atoms. The first kappa shape index (κ1) is 11.6. The van der Waals surface area contributed by atoms with Crippen molar-refractivity contribution in [3.63, 3.8) is 0 Å². The van der Waals surface area contributed by atoms with E-state index in [0.717, 1.165) is 12.0 Å². The van der Waals surface area contributed by atoms with E-state index in [-0.39, 0.29) is 5.82 Å². The van der Waals surface area contributed by atoms with Crippen molar-refractivity contribution in [2.45, 2.75) is 32.4 Å². The Kier molecular flexibility index (Phi) is 3.00. The Hall–Kier alpha value is -0.930. The number of rotatable bonds is 4. The van der Waals surface area contributed by atoms with Crippen LogP contribution in [-0.2, 0) is 0 Å². The van der Waals surface area contributed by atoms with Gasteiger partial charge in [-0.2, -0.15) is 0 Å². The third kappa shape index (κ3) is 2.60. The molecule has 2 N–H and O–H groups in total. The monoisotopic (exact) mass is 223 g/mol. The van der Waals surface area contributed by atoms with Gasteiger partial charge in [-0.3, -0.25) is 0 Å². The molecule has 1 fully saturated rings. The average molecular weight is 223 g/mol. The third-order valence-corrected chi connectivity index (χ3v) is 3.33. The first-order valence-corrected chi connectivity index (χ1v) is 5.66. The lowest BCUT2D eigenvalue weighted by atomic mass is 10.1. The maximum atomic E-state index is 12.7. The normalized spacial score (nSPS) is 24.1. The summed E-state index contributed by atoms with van der Waals surface area (Å²) in [6, 6.07) is 6.50. The van der Waals surface area contributed by atoms with Gasteiger partial charge in [0.05, 0.1) is 6.10 Å². The Labute approximate surface area is 95.5 Å². The van der Waals surface area contributed by atoms with Crippen LogP contribution in [0.25, 0.3) is 0 Å². The maximum Gasteiger partial charge on any atom is 0.123 e. The summed E-state index contributed by atoms with van der Waals surface area (Å²) in [4.78, 5) is 0. The van der Waals surface area contributed by atoms with Crippen LogP contribution >= 0.6 is 0 Å². The molecule has 0 aromatic heterocycles. The zero-order valence-corrected chi connectivity index (χ0v) is 9.70. The van der Waals surface area contributed by atoms with E-state index in [1.165, 1.54) is 12.1 Å². The van der Waals surface area contributed by atoms with Gasteiger partial charge in [0.1, 0.15) is 5.82 Å². The Balaban J connectivity index is 1.84. The van der Waals surface area contributed by atoms with E-state index in [1.807, 2.05) is 0 Å². The highest BCUT2D eigenvalue weighted by atomic mass is 19.1. The minimum Gasteiger partial charge on any atom is -0.387 e. The van der Waals surface area contributed by atoms with Gasteiger partial charge in [-0.05, 0) is 29.5 Å². The fourth-order valence-corrected chi connectivity index (χ4v) is 1.87. The molecule has 3 heteroatoms. The van der Waals surface area contributed by atoms with Crippen molar-refractivity contribution in [2.75, 3.05) is 6.54 Å². The van der Waals surface area contributed by atoms with Crippen molar-refractivity contribution >= 4 is 0 Å². The Bertz CT molecular complexity index is 361. The predicted molar refractivity (Wildman–Crippen MR) is 61.5 cm³/mol. The molecular formula is C13H18FNO. The van der Waals surface area contributed by atoms with E-state index >= 15 is 0 Å². The molecule has 2 nitrogen and oxygen atoms in total. The summed E-state index contributed by atoms with van der Waals surface area (Å²) in [5.41, 5.74) is 1.12. The van der Waals surface area contributed by atoms with Gasteiger partial charge in [0, 0.05) is 12.6 Å². The van der Waals surface area contributed by atoms with Crippen molar-refractivity contribution in [1.29, 1.82) is 0 Å². The summed E-state index contributed by atoms with van der Waals surface area (Å²) in [6.45, 7) is 4.93. The lowest BCUT2D eigenvalue weighted by Crippen LogP contribution is -2.26. The highest BCUT2D eigenvalue weighted by molar-refractivity contribution is 5.19. The summed E-state index contributed by atoms with van der Waals surface area (Å²) < 4.78 is 12.7. The van der Waals surface area contributed by atoms with Gasteiger partial charge >= 0.3 is 0 Å². The molecule has 1 aliphatic rings. The minimum atomic E-state index is -0.558. The fraction of sp³-hybridized carbons (Fsp3) is 0.538. The molecule has 0 aliphatic heterocycles. The fourth-order valence-electron chi connectivity index (χ4n) is 1.87. The lowest BCUT2D eigenvalue weighted by molar-refractivity contribution is 0.172. The predicted octanol–water partition coefficient (Wildman–Crippen LogP) is 2.25. The van der Waals surface area contributed by atoms with Gasteiger partial charge in [0.2, 0.25) is 0 Å². The summed E-state index contributed by atoms with van der Waals surface area (Å²) in [5, 5.41) is 13.2. The van der Waals surface area contributed by atoms with Crippen molar-refractivity contribution in [1.82, 2.24) is 5.32 Å². The van der Waals surface area contributed by atoms with E-state index in [9.17, 15) is 9.50 Å². The second-order valence-corrected chi connectivity index (χ2v) is 5.22. The Morgan fingerprint density at radius 2 is 2.00 bits per heavy atom. The van der Waals surface area contributed by atoms with Gasteiger partial charge < -0.3 is 10.4 Å². The molecule has 0 radical (unpaired) electrons. The lowest BCUT2D eigenvalue weighted by Gasteiger charge is -2.13. The minimum absolute atomic E-state index is 0.271. The van der Waals surface area contributed by atoms with E-state index in [2.05, 4.69) is 19.2 Å². The van der Waals surface area contributed by atoms with Crippen LogP contribution in [0, 0.1) is 11.2 Å². The highest BCUT2D eigenvalue weighted by Crippen LogP contribution is 2.44. The first-order valence-electron chi connectivity index (χ1n) is 5.66. The Morgan fingerprint density at radius 1 is 1.44 bits per heavy atom. The summed E-state index contributed by atoms with van der Waals surface area (Å²) in [6.07, 6.45) is 0.598. The molecule has 0 saturated heterocycles. The van der Waals surface area contributed by atoms with Gasteiger partial charge in [0.25, 0.3) is 0 Å². The topological polar surface area (TPSA) is 32.3 Å². The van der Waals surface area contributed by atoms with Crippen LogP contribution in [0.3, 0.4) is 0 Å². The number of benzene rings is 1. The van der Waals surface area contributed by atoms with Gasteiger partial charge in [0.15, 0.2) is 0 Å². The summed E-state index contributed by atoms with van der Waals surface area (Å²) >= 11 is 0. The molecule has 1 aromatic carbocycles. The molecule has 1 saturated carbocycles. The molecular weight excluding hydrogens is 205 g/mol. The SMILES string of the molecule is CC1(C)CC1NCC(O)c1ccc(F)cc1. The average Bonchev–Trinajstić information content (AvgIpc) is 2.84. The smallest absolute Gasteiger partial charge is 0.123 e. The molecule has 16 heavy (non-hydrogen) atoms. The summed E-state index contributed by atoms with van der Waals surface area (Å²) in [7, 11) is 0. The summed E-state index contributed by atoms with van der Waals surface area (Å²) in [5.74, 6) is -0.271. The quantitative estimate of drug-likeness (QED) is 0.820. The molecule has 2 unspecified atom stereocenters. The van der Waals surface area contributed by atoms with E-state index in [1.54, 1.807) is 12.1 Å². The number of hydrogen-bond acceptors (Lipinski definition) is 2. The molecule has 0 heterocycles. The second-order valence-electron chi connectivity index (χ2n) is 5.22. The number of hydrogen-bond donors (Lipinski definition) is 2. The van der Waals surface area contributed by atoms with Crippen molar-refractivity contribution in [3.8, 4) is 0 Å². The molecule has 0 amide bonds.